The summed E-state index contributed by atoms with van der Waals surface area (Å²) in [5, 5.41) is 18.1. The third-order valence-electron chi connectivity index (χ3n) is 7.52. The Morgan fingerprint density at radius 3 is 2.37 bits per heavy atom. The van der Waals surface area contributed by atoms with E-state index in [9.17, 15) is 18.3 Å². The van der Waals surface area contributed by atoms with E-state index in [2.05, 4.69) is 10.3 Å². The first kappa shape index (κ1) is 34.8. The molecule has 0 spiro atoms. The molecule has 14 heteroatoms. The van der Waals surface area contributed by atoms with Crippen LogP contribution in [0.2, 0.25) is 0 Å². The lowest BCUT2D eigenvalue weighted by Gasteiger charge is -2.22. The summed E-state index contributed by atoms with van der Waals surface area (Å²) in [6, 6.07) is 15.5. The summed E-state index contributed by atoms with van der Waals surface area (Å²) >= 11 is 0. The molecule has 4 rings (SSSR count). The van der Waals surface area contributed by atoms with E-state index < -0.39 is 21.9 Å². The van der Waals surface area contributed by atoms with Gasteiger partial charge in [0.25, 0.3) is 0 Å². The van der Waals surface area contributed by atoms with Gasteiger partial charge in [0, 0.05) is 33.1 Å². The summed E-state index contributed by atoms with van der Waals surface area (Å²) < 4.78 is 51.8. The molecule has 0 saturated heterocycles. The minimum Gasteiger partial charge on any atom is -0.494 e. The summed E-state index contributed by atoms with van der Waals surface area (Å²) in [5.74, 6) is -0.462. The van der Waals surface area contributed by atoms with E-state index in [1.54, 1.807) is 29.9 Å². The number of aliphatic carboxylic acids is 1. The van der Waals surface area contributed by atoms with Gasteiger partial charge >= 0.3 is 5.97 Å². The Labute approximate surface area is 268 Å². The number of fused-ring (bicyclic) bond motifs is 1. The van der Waals surface area contributed by atoms with Crippen molar-refractivity contribution in [1.29, 1.82) is 0 Å². The molecule has 0 radical (unpaired) electrons. The number of carbonyl (C=O) groups is 1. The Kier molecular flexibility index (Phi) is 12.1. The average Bonchev–Trinajstić information content (AvgIpc) is 3.42. The van der Waals surface area contributed by atoms with Crippen LogP contribution in [0.3, 0.4) is 0 Å². The molecule has 4 aromatic rings. The van der Waals surface area contributed by atoms with Crippen LogP contribution in [0.1, 0.15) is 34.6 Å². The Morgan fingerprint density at radius 2 is 1.70 bits per heavy atom. The molecule has 3 N–H and O–H groups in total. The number of ether oxygens (including phenoxy) is 4. The predicted molar refractivity (Wildman–Crippen MR) is 172 cm³/mol. The Balaban J connectivity index is 1.48. The molecule has 1 heterocycles. The zero-order valence-corrected chi connectivity index (χ0v) is 27.3. The first-order valence-electron chi connectivity index (χ1n) is 14.8. The average molecular weight is 656 g/mol. The summed E-state index contributed by atoms with van der Waals surface area (Å²) in [5.41, 5.74) is 9.71. The molecule has 0 amide bonds. The van der Waals surface area contributed by atoms with Gasteiger partial charge in [0.15, 0.2) is 0 Å². The van der Waals surface area contributed by atoms with Crippen molar-refractivity contribution in [2.45, 2.75) is 30.7 Å². The van der Waals surface area contributed by atoms with Crippen molar-refractivity contribution in [3.63, 3.8) is 0 Å². The van der Waals surface area contributed by atoms with Crippen LogP contribution in [0.4, 0.5) is 0 Å². The second-order valence-electron chi connectivity index (χ2n) is 10.7. The molecule has 0 fully saturated rings. The van der Waals surface area contributed by atoms with Gasteiger partial charge < -0.3 is 29.8 Å². The van der Waals surface area contributed by atoms with E-state index in [1.165, 1.54) is 30.6 Å². The molecule has 3 aromatic carbocycles. The van der Waals surface area contributed by atoms with Crippen molar-refractivity contribution in [3.8, 4) is 11.5 Å². The lowest BCUT2D eigenvalue weighted by molar-refractivity contribution is -0.137. The number of benzene rings is 3. The monoisotopic (exact) mass is 655 g/mol. The molecular formula is C32H41N5O8S. The molecule has 248 valence electrons. The maximum Gasteiger partial charge on any atom is 0.304 e. The number of sulfonamides is 1. The highest BCUT2D eigenvalue weighted by Crippen LogP contribution is 2.35. The largest absolute Gasteiger partial charge is 0.494 e. The quantitative estimate of drug-likeness (QED) is 0.151. The van der Waals surface area contributed by atoms with Crippen molar-refractivity contribution < 1.29 is 37.3 Å². The van der Waals surface area contributed by atoms with E-state index in [4.69, 9.17) is 24.7 Å². The van der Waals surface area contributed by atoms with Gasteiger partial charge in [0.05, 0.1) is 44.9 Å². The fourth-order valence-corrected chi connectivity index (χ4v) is 6.20. The van der Waals surface area contributed by atoms with Gasteiger partial charge in [-0.25, -0.2) is 13.1 Å². The number of aromatic nitrogens is 3. The Bertz CT molecular complexity index is 1730. The SMILES string of the molecule is COc1cc(C(CC(=O)O)c2ccc(C)c(CN(C)S(=O)(=O)c3ccc(OCCOCCOCCN)cc3)c2)cc2nnn(C)c12. The Morgan fingerprint density at radius 1 is 1.00 bits per heavy atom. The summed E-state index contributed by atoms with van der Waals surface area (Å²) in [4.78, 5) is 12.1. The van der Waals surface area contributed by atoms with Crippen LogP contribution in [0, 0.1) is 6.92 Å². The number of carboxylic acids is 1. The smallest absolute Gasteiger partial charge is 0.304 e. The van der Waals surface area contributed by atoms with Gasteiger partial charge in [-0.15, -0.1) is 5.10 Å². The molecule has 1 atom stereocenters. The van der Waals surface area contributed by atoms with Crippen LogP contribution in [0.25, 0.3) is 11.0 Å². The van der Waals surface area contributed by atoms with Crippen LogP contribution in [-0.2, 0) is 37.9 Å². The van der Waals surface area contributed by atoms with Crippen molar-refractivity contribution in [2.24, 2.45) is 12.8 Å². The molecular weight excluding hydrogens is 614 g/mol. The number of aryl methyl sites for hydroxylation is 2. The van der Waals surface area contributed by atoms with Crippen molar-refractivity contribution >= 4 is 27.0 Å². The van der Waals surface area contributed by atoms with E-state index in [0.717, 1.165) is 16.7 Å². The lowest BCUT2D eigenvalue weighted by Crippen LogP contribution is -2.27. The highest BCUT2D eigenvalue weighted by molar-refractivity contribution is 7.89. The lowest BCUT2D eigenvalue weighted by atomic mass is 9.86. The first-order chi connectivity index (χ1) is 22.0. The van der Waals surface area contributed by atoms with Gasteiger partial charge in [-0.3, -0.25) is 4.79 Å². The summed E-state index contributed by atoms with van der Waals surface area (Å²) in [6.07, 6.45) is -0.185. The normalized spacial score (nSPS) is 12.5. The second-order valence-corrected chi connectivity index (χ2v) is 12.8. The highest BCUT2D eigenvalue weighted by Gasteiger charge is 2.25. The molecule has 0 saturated carbocycles. The van der Waals surface area contributed by atoms with Gasteiger partial charge in [0.2, 0.25) is 10.0 Å². The number of nitrogens with zero attached hydrogens (tertiary/aromatic N) is 4. The fraction of sp³-hybridized carbons (Fsp3) is 0.406. The van der Waals surface area contributed by atoms with Gasteiger partial charge in [-0.05, 0) is 65.6 Å². The van der Waals surface area contributed by atoms with Crippen LogP contribution in [0.5, 0.6) is 11.5 Å². The number of carboxylic acid groups (broad SMARTS) is 1. The zero-order valence-electron chi connectivity index (χ0n) is 26.5. The molecule has 46 heavy (non-hydrogen) atoms. The van der Waals surface area contributed by atoms with E-state index in [1.807, 2.05) is 31.2 Å². The van der Waals surface area contributed by atoms with Gasteiger partial charge in [0.1, 0.15) is 29.1 Å². The van der Waals surface area contributed by atoms with Crippen LogP contribution in [-0.4, -0.2) is 92.5 Å². The fourth-order valence-electron chi connectivity index (χ4n) is 5.05. The van der Waals surface area contributed by atoms with Crippen molar-refractivity contribution in [1.82, 2.24) is 19.3 Å². The number of rotatable bonds is 18. The molecule has 0 aliphatic rings. The Hall–Kier alpha value is -4.08. The maximum absolute atomic E-state index is 13.5. The third-order valence-corrected chi connectivity index (χ3v) is 9.34. The highest BCUT2D eigenvalue weighted by atomic mass is 32.2. The number of nitrogens with two attached hydrogens (primary N) is 1. The number of hydrogen-bond acceptors (Lipinski definition) is 10. The van der Waals surface area contributed by atoms with Crippen molar-refractivity contribution in [2.75, 3.05) is 53.7 Å². The maximum atomic E-state index is 13.5. The van der Waals surface area contributed by atoms with E-state index in [0.29, 0.717) is 67.7 Å². The molecule has 13 nitrogen and oxygen atoms in total. The molecule has 0 aliphatic heterocycles. The standard InChI is InChI=1S/C32H41N5O8S/c1-22-5-6-23(28(20-31(38)39)24-18-29-32(30(19-24)42-4)37(3)35-34-29)17-25(22)21-36(2)46(40,41)27-9-7-26(8-10-27)45-16-15-44-14-13-43-12-11-33/h5-10,17-19,28H,11-16,20-21,33H2,1-4H3,(H,38,39). The zero-order chi connectivity index (χ0) is 33.3. The molecule has 0 bridgehead atoms. The van der Waals surface area contributed by atoms with Gasteiger partial charge in [-0.1, -0.05) is 23.4 Å². The number of methoxy groups -OCH3 is 1. The van der Waals surface area contributed by atoms with Gasteiger partial charge in [-0.2, -0.15) is 4.31 Å². The van der Waals surface area contributed by atoms with Crippen LogP contribution >= 0.6 is 0 Å². The van der Waals surface area contributed by atoms with E-state index >= 15 is 0 Å². The van der Waals surface area contributed by atoms with Crippen molar-refractivity contribution in [3.05, 3.63) is 76.9 Å². The van der Waals surface area contributed by atoms with Crippen LogP contribution in [0.15, 0.2) is 59.5 Å². The topological polar surface area (TPSA) is 168 Å². The third kappa shape index (κ3) is 8.59. The molecule has 0 aliphatic carbocycles. The molecule has 1 unspecified atom stereocenters. The summed E-state index contributed by atoms with van der Waals surface area (Å²) in [6.45, 7) is 4.49. The molecule has 1 aromatic heterocycles. The second kappa shape index (κ2) is 16.0. The first-order valence-corrected chi connectivity index (χ1v) is 16.2. The van der Waals surface area contributed by atoms with E-state index in [-0.39, 0.29) is 17.9 Å². The predicted octanol–water partition coefficient (Wildman–Crippen LogP) is 3.08. The minimum atomic E-state index is -3.84. The summed E-state index contributed by atoms with van der Waals surface area (Å²) in [7, 11) is 0.968. The number of hydrogen-bond donors (Lipinski definition) is 2. The minimum absolute atomic E-state index is 0.0822. The van der Waals surface area contributed by atoms with Crippen LogP contribution < -0.4 is 15.2 Å².